The zero-order valence-electron chi connectivity index (χ0n) is 12.5. The predicted molar refractivity (Wildman–Crippen MR) is 77.7 cm³/mol. The van der Waals surface area contributed by atoms with Crippen molar-refractivity contribution in [3.05, 3.63) is 23.8 Å². The predicted octanol–water partition coefficient (Wildman–Crippen LogP) is 2.33. The average molecular weight is 289 g/mol. The van der Waals surface area contributed by atoms with Gasteiger partial charge in [-0.05, 0) is 44.4 Å². The van der Waals surface area contributed by atoms with E-state index in [9.17, 15) is 9.59 Å². The molecule has 112 valence electrons. The van der Waals surface area contributed by atoms with Gasteiger partial charge in [-0.2, -0.15) is 0 Å². The Balaban J connectivity index is 2.00. The van der Waals surface area contributed by atoms with Crippen LogP contribution < -0.4 is 9.64 Å². The molecule has 0 saturated heterocycles. The summed E-state index contributed by atoms with van der Waals surface area (Å²) in [7, 11) is 1.73. The van der Waals surface area contributed by atoms with Gasteiger partial charge in [0.05, 0.1) is 12.1 Å². The third-order valence-electron chi connectivity index (χ3n) is 4.46. The fraction of sp³-hybridized carbons (Fsp3) is 0.500. The number of carboxylic acid groups (broad SMARTS) is 1. The summed E-state index contributed by atoms with van der Waals surface area (Å²) in [5, 5.41) is 9.06. The Morgan fingerprint density at radius 2 is 2.05 bits per heavy atom. The number of benzene rings is 1. The molecule has 0 aromatic heterocycles. The summed E-state index contributed by atoms with van der Waals surface area (Å²) in [6, 6.07) is 5.67. The van der Waals surface area contributed by atoms with Gasteiger partial charge in [0.1, 0.15) is 5.75 Å². The molecule has 3 rings (SSSR count). The van der Waals surface area contributed by atoms with Gasteiger partial charge in [-0.15, -0.1) is 0 Å². The molecule has 1 aliphatic carbocycles. The number of anilines is 1. The van der Waals surface area contributed by atoms with E-state index in [2.05, 4.69) is 0 Å². The highest BCUT2D eigenvalue weighted by atomic mass is 16.5. The van der Waals surface area contributed by atoms with Gasteiger partial charge in [0.15, 0.2) is 5.60 Å². The summed E-state index contributed by atoms with van der Waals surface area (Å²) >= 11 is 0. The summed E-state index contributed by atoms with van der Waals surface area (Å²) in [4.78, 5) is 24.9. The van der Waals surface area contributed by atoms with Crippen molar-refractivity contribution >= 4 is 17.6 Å². The van der Waals surface area contributed by atoms with Crippen molar-refractivity contribution in [2.45, 2.75) is 44.1 Å². The number of rotatable bonds is 3. The summed E-state index contributed by atoms with van der Waals surface area (Å²) in [6.07, 6.45) is 1.89. The second-order valence-electron chi connectivity index (χ2n) is 6.51. The zero-order chi connectivity index (χ0) is 15.4. The normalized spacial score (nSPS) is 21.5. The van der Waals surface area contributed by atoms with E-state index < -0.39 is 11.6 Å². The third-order valence-corrected chi connectivity index (χ3v) is 4.46. The second kappa shape index (κ2) is 4.23. The van der Waals surface area contributed by atoms with Crippen LogP contribution in [0.25, 0.3) is 0 Å². The lowest BCUT2D eigenvalue weighted by Crippen LogP contribution is -2.50. The first-order valence-corrected chi connectivity index (χ1v) is 7.09. The first-order valence-electron chi connectivity index (χ1n) is 7.09. The van der Waals surface area contributed by atoms with Crippen molar-refractivity contribution < 1.29 is 19.4 Å². The number of ether oxygens (including phenoxy) is 1. The van der Waals surface area contributed by atoms with Crippen LogP contribution in [0, 0.1) is 0 Å². The highest BCUT2D eigenvalue weighted by molar-refractivity contribution is 6.02. The fourth-order valence-corrected chi connectivity index (χ4v) is 3.04. The van der Waals surface area contributed by atoms with Crippen LogP contribution in [-0.2, 0) is 15.0 Å². The van der Waals surface area contributed by atoms with Gasteiger partial charge in [-0.25, -0.2) is 0 Å². The molecule has 1 saturated carbocycles. The zero-order valence-corrected chi connectivity index (χ0v) is 12.5. The molecule has 0 atom stereocenters. The number of likely N-dealkylation sites (N-methyl/N-ethyl adjacent to an activating group) is 1. The van der Waals surface area contributed by atoms with Gasteiger partial charge in [-0.1, -0.05) is 6.07 Å². The number of hydrogen-bond acceptors (Lipinski definition) is 3. The number of aliphatic carboxylic acids is 1. The van der Waals surface area contributed by atoms with Crippen LogP contribution in [0.4, 0.5) is 5.69 Å². The molecule has 2 aliphatic rings. The molecule has 1 heterocycles. The summed E-state index contributed by atoms with van der Waals surface area (Å²) in [5.41, 5.74) is 0.555. The Bertz CT molecular complexity index is 631. The average Bonchev–Trinajstić information content (AvgIpc) is 3.15. The molecule has 0 bridgehead atoms. The van der Waals surface area contributed by atoms with Gasteiger partial charge >= 0.3 is 5.97 Å². The number of carbonyl (C=O) groups excluding carboxylic acids is 1. The van der Waals surface area contributed by atoms with E-state index in [0.29, 0.717) is 11.4 Å². The minimum absolute atomic E-state index is 0.102. The molecule has 1 fully saturated rings. The van der Waals surface area contributed by atoms with Crippen LogP contribution in [0.3, 0.4) is 0 Å². The van der Waals surface area contributed by atoms with Crippen LogP contribution in [0.2, 0.25) is 0 Å². The maximum atomic E-state index is 12.3. The van der Waals surface area contributed by atoms with Crippen LogP contribution in [0.5, 0.6) is 5.75 Å². The molecular formula is C16H19NO4. The first-order chi connectivity index (χ1) is 9.75. The van der Waals surface area contributed by atoms with Crippen molar-refractivity contribution in [1.29, 1.82) is 0 Å². The monoisotopic (exact) mass is 289 g/mol. The summed E-state index contributed by atoms with van der Waals surface area (Å²) in [6.45, 7) is 3.49. The quantitative estimate of drug-likeness (QED) is 0.927. The standard InChI is InChI=1S/C16H19NO4/c1-15(2)14(20)17(3)11-8-10(4-5-12(11)21-15)16(6-7-16)9-13(18)19/h4-5,8H,6-7,9H2,1-3H3,(H,18,19). The van der Waals surface area contributed by atoms with Crippen molar-refractivity contribution in [1.82, 2.24) is 0 Å². The maximum Gasteiger partial charge on any atom is 0.304 e. The third kappa shape index (κ3) is 2.17. The van der Waals surface area contributed by atoms with E-state index in [1.165, 1.54) is 0 Å². The van der Waals surface area contributed by atoms with Crippen LogP contribution in [0.15, 0.2) is 18.2 Å². The molecule has 5 heteroatoms. The number of hydrogen-bond donors (Lipinski definition) is 1. The summed E-state index contributed by atoms with van der Waals surface area (Å²) < 4.78 is 5.76. The van der Waals surface area contributed by atoms with Crippen LogP contribution in [0.1, 0.15) is 38.7 Å². The lowest BCUT2D eigenvalue weighted by molar-refractivity contribution is -0.137. The van der Waals surface area contributed by atoms with Crippen molar-refractivity contribution in [2.75, 3.05) is 11.9 Å². The van der Waals surface area contributed by atoms with Crippen molar-refractivity contribution in [3.8, 4) is 5.75 Å². The SMILES string of the molecule is CN1C(=O)C(C)(C)Oc2ccc(C3(CC(=O)O)CC3)cc21. The number of nitrogens with zero attached hydrogens (tertiary/aromatic N) is 1. The molecule has 21 heavy (non-hydrogen) atoms. The number of fused-ring (bicyclic) bond motifs is 1. The van der Waals surface area contributed by atoms with Gasteiger partial charge in [0, 0.05) is 12.5 Å². The van der Waals surface area contributed by atoms with Crippen molar-refractivity contribution in [3.63, 3.8) is 0 Å². The highest BCUT2D eigenvalue weighted by Crippen LogP contribution is 2.53. The van der Waals surface area contributed by atoms with Crippen molar-refractivity contribution in [2.24, 2.45) is 0 Å². The van der Waals surface area contributed by atoms with E-state index in [-0.39, 0.29) is 17.7 Å². The Morgan fingerprint density at radius 1 is 1.38 bits per heavy atom. The molecule has 1 aliphatic heterocycles. The van der Waals surface area contributed by atoms with E-state index in [1.54, 1.807) is 25.8 Å². The topological polar surface area (TPSA) is 66.8 Å². The molecule has 1 aromatic carbocycles. The van der Waals surface area contributed by atoms with E-state index in [4.69, 9.17) is 9.84 Å². The van der Waals surface area contributed by atoms with Gasteiger partial charge in [-0.3, -0.25) is 9.59 Å². The molecular weight excluding hydrogens is 270 g/mol. The summed E-state index contributed by atoms with van der Waals surface area (Å²) in [5.74, 6) is -0.223. The highest BCUT2D eigenvalue weighted by Gasteiger charge is 2.47. The lowest BCUT2D eigenvalue weighted by atomic mass is 9.91. The van der Waals surface area contributed by atoms with Crippen LogP contribution in [-0.4, -0.2) is 29.6 Å². The lowest BCUT2D eigenvalue weighted by Gasteiger charge is -2.37. The Kier molecular flexibility index (Phi) is 2.80. The minimum atomic E-state index is -0.873. The molecule has 1 aromatic rings. The van der Waals surface area contributed by atoms with Crippen LogP contribution >= 0.6 is 0 Å². The maximum absolute atomic E-state index is 12.3. The second-order valence-corrected chi connectivity index (χ2v) is 6.51. The smallest absolute Gasteiger partial charge is 0.304 e. The molecule has 0 unspecified atom stereocenters. The molecule has 0 spiro atoms. The van der Waals surface area contributed by atoms with E-state index >= 15 is 0 Å². The van der Waals surface area contributed by atoms with Gasteiger partial charge in [0.2, 0.25) is 0 Å². The number of carbonyl (C=O) groups is 2. The van der Waals surface area contributed by atoms with E-state index in [1.807, 2.05) is 18.2 Å². The molecule has 1 amide bonds. The number of amides is 1. The number of carboxylic acids is 1. The molecule has 1 N–H and O–H groups in total. The molecule has 5 nitrogen and oxygen atoms in total. The minimum Gasteiger partial charge on any atom is -0.481 e. The largest absolute Gasteiger partial charge is 0.481 e. The Labute approximate surface area is 123 Å². The van der Waals surface area contributed by atoms with Gasteiger partial charge in [0.25, 0.3) is 5.91 Å². The Hall–Kier alpha value is -2.04. The Morgan fingerprint density at radius 3 is 2.62 bits per heavy atom. The first kappa shape index (κ1) is 13.9. The van der Waals surface area contributed by atoms with Gasteiger partial charge < -0.3 is 14.7 Å². The molecule has 0 radical (unpaired) electrons. The van der Waals surface area contributed by atoms with E-state index in [0.717, 1.165) is 18.4 Å². The fourth-order valence-electron chi connectivity index (χ4n) is 3.04.